The summed E-state index contributed by atoms with van der Waals surface area (Å²) in [5, 5.41) is 10.5. The Morgan fingerprint density at radius 1 is 1.25 bits per heavy atom. The first-order valence-corrected chi connectivity index (χ1v) is 9.07. The maximum absolute atomic E-state index is 11.7. The van der Waals surface area contributed by atoms with Crippen molar-refractivity contribution in [3.63, 3.8) is 0 Å². The quantitative estimate of drug-likeness (QED) is 0.477. The van der Waals surface area contributed by atoms with Crippen LogP contribution in [0.3, 0.4) is 0 Å². The second-order valence-corrected chi connectivity index (χ2v) is 6.69. The molecule has 3 rings (SSSR count). The fourth-order valence-electron chi connectivity index (χ4n) is 2.35. The van der Waals surface area contributed by atoms with Crippen molar-refractivity contribution in [3.8, 4) is 11.4 Å². The molecule has 3 aromatic rings. The standard InChI is InChI=1S/C19H17ClN4O3S/c1-11-3-5-12(6-4-11)17-23-16(27-24-17)10-21-19(28)22-13-7-8-15(20)14(9-13)18(25)26-2/h3-9H,10H2,1-2H3,(H2,21,22,28). The number of rotatable bonds is 5. The van der Waals surface area contributed by atoms with Crippen molar-refractivity contribution in [1.29, 1.82) is 0 Å². The molecule has 0 amide bonds. The highest BCUT2D eigenvalue weighted by atomic mass is 35.5. The SMILES string of the molecule is COC(=O)c1cc(NC(=S)NCc2nc(-c3ccc(C)cc3)no2)ccc1Cl. The highest BCUT2D eigenvalue weighted by molar-refractivity contribution is 7.80. The lowest BCUT2D eigenvalue weighted by atomic mass is 10.1. The number of esters is 1. The lowest BCUT2D eigenvalue weighted by molar-refractivity contribution is 0.0601. The molecule has 0 saturated carbocycles. The predicted octanol–water partition coefficient (Wildman–Crippen LogP) is 3.97. The van der Waals surface area contributed by atoms with Crippen LogP contribution in [-0.2, 0) is 11.3 Å². The lowest BCUT2D eigenvalue weighted by Crippen LogP contribution is -2.28. The van der Waals surface area contributed by atoms with Gasteiger partial charge in [-0.2, -0.15) is 4.98 Å². The maximum atomic E-state index is 11.7. The summed E-state index contributed by atoms with van der Waals surface area (Å²) in [6.45, 7) is 2.26. The summed E-state index contributed by atoms with van der Waals surface area (Å²) in [4.78, 5) is 16.1. The largest absolute Gasteiger partial charge is 0.465 e. The molecular weight excluding hydrogens is 400 g/mol. The Labute approximate surface area is 172 Å². The van der Waals surface area contributed by atoms with Crippen molar-refractivity contribution >= 4 is 40.6 Å². The van der Waals surface area contributed by atoms with Crippen LogP contribution in [0.2, 0.25) is 5.02 Å². The molecular formula is C19H17ClN4O3S. The minimum Gasteiger partial charge on any atom is -0.465 e. The number of thiocarbonyl (C=S) groups is 1. The summed E-state index contributed by atoms with van der Waals surface area (Å²) in [7, 11) is 1.29. The molecule has 1 aromatic heterocycles. The molecule has 0 saturated heterocycles. The molecule has 0 aliphatic rings. The van der Waals surface area contributed by atoms with Gasteiger partial charge in [-0.15, -0.1) is 0 Å². The van der Waals surface area contributed by atoms with Crippen molar-refractivity contribution in [3.05, 3.63) is 64.5 Å². The van der Waals surface area contributed by atoms with Gasteiger partial charge in [0.15, 0.2) is 5.11 Å². The molecule has 28 heavy (non-hydrogen) atoms. The predicted molar refractivity (Wildman–Crippen MR) is 110 cm³/mol. The Kier molecular flexibility index (Phi) is 6.23. The molecule has 0 spiro atoms. The minimum atomic E-state index is -0.526. The normalized spacial score (nSPS) is 10.4. The van der Waals surface area contributed by atoms with Gasteiger partial charge < -0.3 is 19.9 Å². The Balaban J connectivity index is 1.59. The van der Waals surface area contributed by atoms with Gasteiger partial charge in [-0.05, 0) is 37.3 Å². The number of hydrogen-bond donors (Lipinski definition) is 2. The highest BCUT2D eigenvalue weighted by Gasteiger charge is 2.12. The van der Waals surface area contributed by atoms with E-state index in [1.165, 1.54) is 7.11 Å². The number of hydrogen-bond acceptors (Lipinski definition) is 6. The smallest absolute Gasteiger partial charge is 0.339 e. The molecule has 9 heteroatoms. The molecule has 144 valence electrons. The van der Waals surface area contributed by atoms with Crippen LogP contribution in [-0.4, -0.2) is 28.3 Å². The summed E-state index contributed by atoms with van der Waals surface area (Å²) < 4.78 is 9.94. The number of aryl methyl sites for hydroxylation is 1. The van der Waals surface area contributed by atoms with E-state index in [1.807, 2.05) is 31.2 Å². The zero-order chi connectivity index (χ0) is 20.1. The minimum absolute atomic E-state index is 0.247. The Morgan fingerprint density at radius 2 is 2.00 bits per heavy atom. The third-order valence-corrected chi connectivity index (χ3v) is 4.38. The summed E-state index contributed by atoms with van der Waals surface area (Å²) in [6.07, 6.45) is 0. The molecule has 7 nitrogen and oxygen atoms in total. The number of methoxy groups -OCH3 is 1. The first kappa shape index (κ1) is 19.8. The van der Waals surface area contributed by atoms with Crippen molar-refractivity contribution in [2.45, 2.75) is 13.5 Å². The molecule has 0 unspecified atom stereocenters. The number of nitrogens with one attached hydrogen (secondary N) is 2. The first-order valence-electron chi connectivity index (χ1n) is 8.28. The van der Waals surface area contributed by atoms with Gasteiger partial charge in [-0.3, -0.25) is 0 Å². The third-order valence-electron chi connectivity index (χ3n) is 3.81. The molecule has 0 fully saturated rings. The number of halogens is 1. The van der Waals surface area contributed by atoms with Gasteiger partial charge in [0, 0.05) is 11.3 Å². The number of aromatic nitrogens is 2. The van der Waals surface area contributed by atoms with Crippen molar-refractivity contribution in [1.82, 2.24) is 15.5 Å². The number of carbonyl (C=O) groups is 1. The molecule has 0 atom stereocenters. The van der Waals surface area contributed by atoms with E-state index in [2.05, 4.69) is 20.8 Å². The molecule has 2 aromatic carbocycles. The van der Waals surface area contributed by atoms with Gasteiger partial charge in [0.2, 0.25) is 11.7 Å². The Bertz CT molecular complexity index is 1000. The van der Waals surface area contributed by atoms with Gasteiger partial charge in [0.05, 0.1) is 24.2 Å². The second-order valence-electron chi connectivity index (χ2n) is 5.87. The molecule has 0 aliphatic heterocycles. The average Bonchev–Trinajstić information content (AvgIpc) is 3.17. The van der Waals surface area contributed by atoms with Gasteiger partial charge in [0.1, 0.15) is 0 Å². The van der Waals surface area contributed by atoms with Crippen LogP contribution in [0, 0.1) is 6.92 Å². The van der Waals surface area contributed by atoms with Crippen LogP contribution in [0.5, 0.6) is 0 Å². The maximum Gasteiger partial charge on any atom is 0.339 e. The number of anilines is 1. The van der Waals surface area contributed by atoms with Crippen LogP contribution in [0.4, 0.5) is 5.69 Å². The van der Waals surface area contributed by atoms with E-state index in [9.17, 15) is 4.79 Å². The second kappa shape index (κ2) is 8.81. The van der Waals surface area contributed by atoms with Crippen molar-refractivity contribution in [2.75, 3.05) is 12.4 Å². The third kappa shape index (κ3) is 4.85. The van der Waals surface area contributed by atoms with Crippen LogP contribution in [0.1, 0.15) is 21.8 Å². The summed E-state index contributed by atoms with van der Waals surface area (Å²) in [5.74, 6) is 0.379. The zero-order valence-corrected chi connectivity index (χ0v) is 16.7. The fourth-order valence-corrected chi connectivity index (χ4v) is 2.73. The monoisotopic (exact) mass is 416 g/mol. The lowest BCUT2D eigenvalue weighted by Gasteiger charge is -2.10. The molecule has 0 bridgehead atoms. The van der Waals surface area contributed by atoms with E-state index in [-0.39, 0.29) is 12.1 Å². The fraction of sp³-hybridized carbons (Fsp3) is 0.158. The van der Waals surface area contributed by atoms with E-state index < -0.39 is 5.97 Å². The number of benzene rings is 2. The van der Waals surface area contributed by atoms with Gasteiger partial charge in [-0.1, -0.05) is 46.6 Å². The average molecular weight is 417 g/mol. The van der Waals surface area contributed by atoms with Crippen LogP contribution < -0.4 is 10.6 Å². The zero-order valence-electron chi connectivity index (χ0n) is 15.2. The van der Waals surface area contributed by atoms with Crippen molar-refractivity contribution in [2.24, 2.45) is 0 Å². The summed E-state index contributed by atoms with van der Waals surface area (Å²) >= 11 is 11.3. The van der Waals surface area contributed by atoms with Crippen molar-refractivity contribution < 1.29 is 14.1 Å². The van der Waals surface area contributed by atoms with E-state index >= 15 is 0 Å². The first-order chi connectivity index (χ1) is 13.5. The highest BCUT2D eigenvalue weighted by Crippen LogP contribution is 2.21. The summed E-state index contributed by atoms with van der Waals surface area (Å²) in [5.41, 5.74) is 2.87. The van der Waals surface area contributed by atoms with Gasteiger partial charge >= 0.3 is 5.97 Å². The van der Waals surface area contributed by atoms with Crippen LogP contribution >= 0.6 is 23.8 Å². The van der Waals surface area contributed by atoms with E-state index in [4.69, 9.17) is 33.1 Å². The Morgan fingerprint density at radius 3 is 2.71 bits per heavy atom. The Hall–Kier alpha value is -2.97. The number of ether oxygens (including phenoxy) is 1. The molecule has 0 aliphatic carbocycles. The van der Waals surface area contributed by atoms with E-state index in [0.717, 1.165) is 11.1 Å². The number of carbonyl (C=O) groups excluding carboxylic acids is 1. The molecule has 1 heterocycles. The van der Waals surface area contributed by atoms with Gasteiger partial charge in [0.25, 0.3) is 0 Å². The van der Waals surface area contributed by atoms with Crippen LogP contribution in [0.15, 0.2) is 47.0 Å². The van der Waals surface area contributed by atoms with E-state index in [1.54, 1.807) is 18.2 Å². The molecule has 0 radical (unpaired) electrons. The number of nitrogens with zero attached hydrogens (tertiary/aromatic N) is 2. The summed E-state index contributed by atoms with van der Waals surface area (Å²) in [6, 6.07) is 12.7. The van der Waals surface area contributed by atoms with Crippen LogP contribution in [0.25, 0.3) is 11.4 Å². The molecule has 2 N–H and O–H groups in total. The van der Waals surface area contributed by atoms with E-state index in [0.29, 0.717) is 27.5 Å². The topological polar surface area (TPSA) is 89.3 Å². The van der Waals surface area contributed by atoms with Gasteiger partial charge in [-0.25, -0.2) is 4.79 Å².